The number of para-hydroxylation sites is 1. The van der Waals surface area contributed by atoms with Crippen LogP contribution in [0.5, 0.6) is 5.75 Å². The van der Waals surface area contributed by atoms with Gasteiger partial charge in [-0.2, -0.15) is 8.78 Å². The van der Waals surface area contributed by atoms with Crippen LogP contribution >= 0.6 is 0 Å². The third kappa shape index (κ3) is 2.99. The van der Waals surface area contributed by atoms with Gasteiger partial charge in [-0.1, -0.05) is 13.0 Å². The van der Waals surface area contributed by atoms with Gasteiger partial charge in [0.05, 0.1) is 5.56 Å². The lowest BCUT2D eigenvalue weighted by molar-refractivity contribution is -0.0506. The van der Waals surface area contributed by atoms with E-state index < -0.39 is 29.7 Å². The second-order valence-corrected chi connectivity index (χ2v) is 3.14. The van der Waals surface area contributed by atoms with Crippen molar-refractivity contribution in [2.75, 3.05) is 0 Å². The molecular weight excluding hydrogens is 234 g/mol. The van der Waals surface area contributed by atoms with Crippen LogP contribution in [0.3, 0.4) is 0 Å². The smallest absolute Gasteiger partial charge is 0.387 e. The standard InChI is InChI=1S/C11H10F2O4/c1-2-8(14)6-4-3-5-7(10(15)16)9(6)17-11(12)13/h3-5,11H,2H2,1H3,(H,15,16). The van der Waals surface area contributed by atoms with Crippen LogP contribution in [0.15, 0.2) is 18.2 Å². The van der Waals surface area contributed by atoms with Gasteiger partial charge in [0, 0.05) is 6.42 Å². The van der Waals surface area contributed by atoms with Gasteiger partial charge in [0.2, 0.25) is 0 Å². The van der Waals surface area contributed by atoms with Gasteiger partial charge >= 0.3 is 12.6 Å². The summed E-state index contributed by atoms with van der Waals surface area (Å²) < 4.78 is 28.5. The number of ether oxygens (including phenoxy) is 1. The molecule has 0 aliphatic carbocycles. The summed E-state index contributed by atoms with van der Waals surface area (Å²) in [5.41, 5.74) is -0.600. The predicted octanol–water partition coefficient (Wildman–Crippen LogP) is 2.58. The van der Waals surface area contributed by atoms with Crippen molar-refractivity contribution < 1.29 is 28.2 Å². The Kier molecular flexibility index (Phi) is 4.14. The van der Waals surface area contributed by atoms with Crippen molar-refractivity contribution in [3.63, 3.8) is 0 Å². The third-order valence-corrected chi connectivity index (χ3v) is 2.07. The Bertz CT molecular complexity index is 443. The molecule has 0 amide bonds. The lowest BCUT2D eigenvalue weighted by Crippen LogP contribution is -2.12. The Morgan fingerprint density at radius 2 is 1.94 bits per heavy atom. The first kappa shape index (κ1) is 13.1. The Morgan fingerprint density at radius 1 is 1.35 bits per heavy atom. The highest BCUT2D eigenvalue weighted by molar-refractivity contribution is 6.02. The molecule has 0 spiro atoms. The fourth-order valence-electron chi connectivity index (χ4n) is 1.33. The molecular formula is C11H10F2O4. The average molecular weight is 244 g/mol. The number of aromatic carboxylic acids is 1. The van der Waals surface area contributed by atoms with Crippen LogP contribution in [-0.4, -0.2) is 23.5 Å². The maximum absolute atomic E-state index is 12.2. The van der Waals surface area contributed by atoms with Gasteiger partial charge in [0.15, 0.2) is 11.5 Å². The van der Waals surface area contributed by atoms with Crippen molar-refractivity contribution in [1.29, 1.82) is 0 Å². The van der Waals surface area contributed by atoms with Gasteiger partial charge in [-0.15, -0.1) is 0 Å². The molecule has 0 radical (unpaired) electrons. The number of hydrogen-bond acceptors (Lipinski definition) is 3. The first-order chi connectivity index (χ1) is 7.97. The molecule has 0 bridgehead atoms. The minimum Gasteiger partial charge on any atom is -0.478 e. The third-order valence-electron chi connectivity index (χ3n) is 2.07. The molecule has 6 heteroatoms. The van der Waals surface area contributed by atoms with E-state index in [0.29, 0.717) is 0 Å². The van der Waals surface area contributed by atoms with E-state index in [-0.39, 0.29) is 12.0 Å². The lowest BCUT2D eigenvalue weighted by Gasteiger charge is -2.11. The van der Waals surface area contributed by atoms with Crippen LogP contribution in [0, 0.1) is 0 Å². The summed E-state index contributed by atoms with van der Waals surface area (Å²) in [4.78, 5) is 22.3. The monoisotopic (exact) mass is 244 g/mol. The van der Waals surface area contributed by atoms with Gasteiger partial charge in [0.1, 0.15) is 5.56 Å². The van der Waals surface area contributed by atoms with E-state index in [2.05, 4.69) is 4.74 Å². The molecule has 0 aliphatic heterocycles. The second-order valence-electron chi connectivity index (χ2n) is 3.14. The maximum Gasteiger partial charge on any atom is 0.387 e. The molecule has 4 nitrogen and oxygen atoms in total. The van der Waals surface area contributed by atoms with E-state index in [1.807, 2.05) is 0 Å². The number of carbonyl (C=O) groups is 2. The summed E-state index contributed by atoms with van der Waals surface area (Å²) in [5, 5.41) is 8.82. The first-order valence-corrected chi connectivity index (χ1v) is 4.81. The molecule has 1 aromatic rings. The van der Waals surface area contributed by atoms with Crippen molar-refractivity contribution in [3.8, 4) is 5.75 Å². The molecule has 0 aromatic heterocycles. The summed E-state index contributed by atoms with van der Waals surface area (Å²) >= 11 is 0. The van der Waals surface area contributed by atoms with Gasteiger partial charge in [0.25, 0.3) is 0 Å². The highest BCUT2D eigenvalue weighted by atomic mass is 19.3. The van der Waals surface area contributed by atoms with Crippen LogP contribution < -0.4 is 4.74 Å². The average Bonchev–Trinajstić information content (AvgIpc) is 2.27. The molecule has 0 saturated carbocycles. The molecule has 92 valence electrons. The number of halogens is 2. The van der Waals surface area contributed by atoms with Crippen LogP contribution in [0.25, 0.3) is 0 Å². The molecule has 0 fully saturated rings. The van der Waals surface area contributed by atoms with Crippen LogP contribution in [0.2, 0.25) is 0 Å². The summed E-state index contributed by atoms with van der Waals surface area (Å²) in [6.07, 6.45) is 0.0721. The zero-order valence-corrected chi connectivity index (χ0v) is 8.94. The molecule has 0 saturated heterocycles. The highest BCUT2D eigenvalue weighted by Crippen LogP contribution is 2.27. The molecule has 1 aromatic carbocycles. The number of carbonyl (C=O) groups excluding carboxylic acids is 1. The molecule has 0 atom stereocenters. The SMILES string of the molecule is CCC(=O)c1cccc(C(=O)O)c1OC(F)F. The van der Waals surface area contributed by atoms with E-state index in [1.54, 1.807) is 6.92 Å². The van der Waals surface area contributed by atoms with E-state index in [4.69, 9.17) is 5.11 Å². The zero-order valence-electron chi connectivity index (χ0n) is 8.94. The van der Waals surface area contributed by atoms with E-state index in [9.17, 15) is 18.4 Å². The molecule has 0 aliphatic rings. The van der Waals surface area contributed by atoms with Crippen molar-refractivity contribution in [1.82, 2.24) is 0 Å². The molecule has 17 heavy (non-hydrogen) atoms. The molecule has 1 rings (SSSR count). The van der Waals surface area contributed by atoms with Crippen molar-refractivity contribution in [3.05, 3.63) is 29.3 Å². The second kappa shape index (κ2) is 5.38. The zero-order chi connectivity index (χ0) is 13.0. The summed E-state index contributed by atoms with van der Waals surface area (Å²) in [7, 11) is 0. The van der Waals surface area contributed by atoms with E-state index in [0.717, 1.165) is 6.07 Å². The van der Waals surface area contributed by atoms with Crippen LogP contribution in [0.1, 0.15) is 34.1 Å². The van der Waals surface area contributed by atoms with Crippen molar-refractivity contribution in [2.45, 2.75) is 20.0 Å². The van der Waals surface area contributed by atoms with Crippen molar-refractivity contribution in [2.24, 2.45) is 0 Å². The minimum absolute atomic E-state index is 0.0721. The fourth-order valence-corrected chi connectivity index (χ4v) is 1.33. The Morgan fingerprint density at radius 3 is 2.41 bits per heavy atom. The van der Waals surface area contributed by atoms with Gasteiger partial charge < -0.3 is 9.84 Å². The van der Waals surface area contributed by atoms with E-state index in [1.165, 1.54) is 12.1 Å². The number of carboxylic acids is 1. The molecule has 1 N–H and O–H groups in total. The molecule has 0 unspecified atom stereocenters. The minimum atomic E-state index is -3.18. The number of hydrogen-bond donors (Lipinski definition) is 1. The lowest BCUT2D eigenvalue weighted by atomic mass is 10.0. The quantitative estimate of drug-likeness (QED) is 0.808. The number of carboxylic acid groups (broad SMARTS) is 1. The first-order valence-electron chi connectivity index (χ1n) is 4.81. The Hall–Kier alpha value is -1.98. The van der Waals surface area contributed by atoms with Crippen LogP contribution in [-0.2, 0) is 0 Å². The largest absolute Gasteiger partial charge is 0.478 e. The van der Waals surface area contributed by atoms with Crippen LogP contribution in [0.4, 0.5) is 8.78 Å². The number of rotatable bonds is 5. The number of alkyl halides is 2. The van der Waals surface area contributed by atoms with Gasteiger partial charge in [-0.3, -0.25) is 4.79 Å². The van der Waals surface area contributed by atoms with E-state index >= 15 is 0 Å². The summed E-state index contributed by atoms with van der Waals surface area (Å²) in [6, 6.07) is 3.67. The highest BCUT2D eigenvalue weighted by Gasteiger charge is 2.21. The predicted molar refractivity (Wildman–Crippen MR) is 54.7 cm³/mol. The fraction of sp³-hybridized carbons (Fsp3) is 0.273. The van der Waals surface area contributed by atoms with Gasteiger partial charge in [-0.25, -0.2) is 4.79 Å². The van der Waals surface area contributed by atoms with Gasteiger partial charge in [-0.05, 0) is 12.1 Å². The maximum atomic E-state index is 12.2. The normalized spacial score (nSPS) is 10.4. The summed E-state index contributed by atoms with van der Waals surface area (Å²) in [6.45, 7) is -1.64. The Balaban J connectivity index is 3.33. The summed E-state index contributed by atoms with van der Waals surface area (Å²) in [5.74, 6) is -2.46. The number of ketones is 1. The number of benzene rings is 1. The number of Topliss-reactive ketones (excluding diaryl/α,β-unsaturated/α-hetero) is 1. The topological polar surface area (TPSA) is 63.6 Å². The Labute approximate surface area is 95.8 Å². The molecule has 0 heterocycles. The van der Waals surface area contributed by atoms with Crippen molar-refractivity contribution >= 4 is 11.8 Å².